The van der Waals surface area contributed by atoms with Crippen LogP contribution in [-0.2, 0) is 14.0 Å². The molecular weight excluding hydrogens is 308 g/mol. The molecular formula is C18H30O4Si. The fraction of sp³-hybridized carbons (Fsp3) is 0.667. The van der Waals surface area contributed by atoms with E-state index in [4.69, 9.17) is 9.53 Å². The zero-order valence-electron chi connectivity index (χ0n) is 15.0. The average Bonchev–Trinajstić information content (AvgIpc) is 2.71. The summed E-state index contributed by atoms with van der Waals surface area (Å²) in [7, 11) is -1.86. The van der Waals surface area contributed by atoms with Crippen molar-refractivity contribution in [2.24, 2.45) is 0 Å². The Kier molecular flexibility index (Phi) is 6.95. The lowest BCUT2D eigenvalue weighted by molar-refractivity contribution is -0.137. The fourth-order valence-electron chi connectivity index (χ4n) is 2.20. The number of ketones is 1. The van der Waals surface area contributed by atoms with Crippen molar-refractivity contribution in [2.75, 3.05) is 0 Å². The molecule has 0 bridgehead atoms. The van der Waals surface area contributed by atoms with E-state index in [-0.39, 0.29) is 23.3 Å². The number of allylic oxidation sites excluding steroid dienone is 3. The molecule has 0 aromatic rings. The molecule has 0 saturated carbocycles. The van der Waals surface area contributed by atoms with Crippen LogP contribution in [0.3, 0.4) is 0 Å². The molecule has 0 aromatic heterocycles. The zero-order valence-corrected chi connectivity index (χ0v) is 16.0. The third-order valence-corrected chi connectivity index (χ3v) is 9.15. The maximum absolute atomic E-state index is 12.1. The lowest BCUT2D eigenvalue weighted by Crippen LogP contribution is -2.43. The second kappa shape index (κ2) is 8.06. The van der Waals surface area contributed by atoms with Gasteiger partial charge in [0.05, 0.1) is 6.10 Å². The summed E-state index contributed by atoms with van der Waals surface area (Å²) in [5, 5.41) is 8.70. The molecule has 130 valence electrons. The number of carbonyl (C=O) groups excluding carboxylic acids is 1. The minimum atomic E-state index is -1.86. The molecule has 4 nitrogen and oxygen atoms in total. The van der Waals surface area contributed by atoms with Crippen molar-refractivity contribution >= 4 is 20.1 Å². The van der Waals surface area contributed by atoms with Crippen LogP contribution in [0.4, 0.5) is 0 Å². The Morgan fingerprint density at radius 3 is 2.61 bits per heavy atom. The van der Waals surface area contributed by atoms with E-state index in [9.17, 15) is 9.59 Å². The number of aliphatic carboxylic acids is 1. The van der Waals surface area contributed by atoms with E-state index in [2.05, 4.69) is 33.9 Å². The fourth-order valence-corrected chi connectivity index (χ4v) is 3.46. The molecule has 0 aliphatic heterocycles. The largest absolute Gasteiger partial charge is 0.481 e. The summed E-state index contributed by atoms with van der Waals surface area (Å²) in [6.45, 7) is 11.0. The Bertz CT molecular complexity index is 498. The predicted molar refractivity (Wildman–Crippen MR) is 95.0 cm³/mol. The molecule has 0 saturated heterocycles. The monoisotopic (exact) mass is 338 g/mol. The van der Waals surface area contributed by atoms with Gasteiger partial charge in [-0.2, -0.15) is 0 Å². The third-order valence-electron chi connectivity index (χ3n) is 4.65. The van der Waals surface area contributed by atoms with Crippen molar-refractivity contribution in [1.82, 2.24) is 0 Å². The number of hydrogen-bond acceptors (Lipinski definition) is 3. The lowest BCUT2D eigenvalue weighted by Gasteiger charge is -2.37. The minimum absolute atomic E-state index is 0.0844. The Morgan fingerprint density at radius 1 is 1.39 bits per heavy atom. The van der Waals surface area contributed by atoms with Gasteiger partial charge in [0.25, 0.3) is 0 Å². The summed E-state index contributed by atoms with van der Waals surface area (Å²) in [6, 6.07) is 0. The Morgan fingerprint density at radius 2 is 2.04 bits per heavy atom. The van der Waals surface area contributed by atoms with Gasteiger partial charge in [0.15, 0.2) is 14.1 Å². The highest BCUT2D eigenvalue weighted by molar-refractivity contribution is 6.74. The molecule has 23 heavy (non-hydrogen) atoms. The average molecular weight is 339 g/mol. The van der Waals surface area contributed by atoms with Crippen LogP contribution in [0.25, 0.3) is 0 Å². The first kappa shape index (κ1) is 19.8. The summed E-state index contributed by atoms with van der Waals surface area (Å²) in [4.78, 5) is 22.5. The summed E-state index contributed by atoms with van der Waals surface area (Å²) in [5.41, 5.74) is 0.822. The highest BCUT2D eigenvalue weighted by Crippen LogP contribution is 2.38. The highest BCUT2D eigenvalue weighted by Gasteiger charge is 2.40. The molecule has 0 heterocycles. The number of unbranched alkanes of at least 4 members (excludes halogenated alkanes) is 1. The van der Waals surface area contributed by atoms with Gasteiger partial charge in [-0.1, -0.05) is 32.9 Å². The molecule has 1 rings (SSSR count). The Balaban J connectivity index is 2.50. The zero-order chi connectivity index (χ0) is 17.7. The Labute approximate surface area is 140 Å². The molecule has 0 fully saturated rings. The normalized spacial score (nSPS) is 19.4. The van der Waals surface area contributed by atoms with Crippen molar-refractivity contribution < 1.29 is 19.1 Å². The quantitative estimate of drug-likeness (QED) is 0.403. The lowest BCUT2D eigenvalue weighted by atomic mass is 10.1. The maximum atomic E-state index is 12.1. The highest BCUT2D eigenvalue weighted by atomic mass is 28.4. The minimum Gasteiger partial charge on any atom is -0.481 e. The van der Waals surface area contributed by atoms with Gasteiger partial charge in [0.1, 0.15) is 0 Å². The van der Waals surface area contributed by atoms with E-state index in [0.29, 0.717) is 19.3 Å². The van der Waals surface area contributed by atoms with Crippen LogP contribution in [0, 0.1) is 0 Å². The summed E-state index contributed by atoms with van der Waals surface area (Å²) in [5.74, 6) is -0.596. The van der Waals surface area contributed by atoms with E-state index >= 15 is 0 Å². The first-order valence-corrected chi connectivity index (χ1v) is 11.2. The van der Waals surface area contributed by atoms with Crippen LogP contribution in [0.2, 0.25) is 18.1 Å². The smallest absolute Gasteiger partial charge is 0.303 e. The van der Waals surface area contributed by atoms with Gasteiger partial charge in [-0.3, -0.25) is 9.59 Å². The van der Waals surface area contributed by atoms with Gasteiger partial charge in [0, 0.05) is 12.8 Å². The Hall–Kier alpha value is -1.20. The molecule has 1 atom stereocenters. The second-order valence-corrected chi connectivity index (χ2v) is 12.5. The standard InChI is InChI=1S/C18H30O4Si/c1-18(2,3)23(4,5)22-15-12-14(16(19)13-15)10-8-6-7-9-11-17(20)21/h6,8,12,15H,7,9-11,13H2,1-5H3,(H,20,21)/b8-6-/t15-/m0/s1. The van der Waals surface area contributed by atoms with E-state index in [1.54, 1.807) is 0 Å². The van der Waals surface area contributed by atoms with E-state index in [0.717, 1.165) is 12.0 Å². The van der Waals surface area contributed by atoms with Crippen LogP contribution in [-0.4, -0.2) is 31.3 Å². The number of rotatable bonds is 8. The van der Waals surface area contributed by atoms with Gasteiger partial charge in [-0.25, -0.2) is 0 Å². The van der Waals surface area contributed by atoms with E-state index < -0.39 is 14.3 Å². The molecule has 1 aliphatic carbocycles. The summed E-state index contributed by atoms with van der Waals surface area (Å²) in [6.07, 6.45) is 8.43. The first-order valence-electron chi connectivity index (χ1n) is 8.31. The van der Waals surface area contributed by atoms with Crippen LogP contribution in [0.15, 0.2) is 23.8 Å². The molecule has 1 aliphatic rings. The van der Waals surface area contributed by atoms with Crippen molar-refractivity contribution in [3.8, 4) is 0 Å². The molecule has 5 heteroatoms. The van der Waals surface area contributed by atoms with Gasteiger partial charge >= 0.3 is 5.97 Å². The third kappa shape index (κ3) is 6.43. The number of carboxylic acid groups (broad SMARTS) is 1. The second-order valence-electron chi connectivity index (χ2n) is 7.70. The molecule has 0 spiro atoms. The first-order chi connectivity index (χ1) is 10.5. The van der Waals surface area contributed by atoms with Crippen molar-refractivity contribution in [2.45, 2.75) is 77.1 Å². The summed E-state index contributed by atoms with van der Waals surface area (Å²) < 4.78 is 6.29. The number of hydrogen-bond donors (Lipinski definition) is 1. The molecule has 0 amide bonds. The van der Waals surface area contributed by atoms with E-state index in [1.807, 2.05) is 18.2 Å². The summed E-state index contributed by atoms with van der Waals surface area (Å²) >= 11 is 0. The predicted octanol–water partition coefficient (Wildman–Crippen LogP) is 4.48. The van der Waals surface area contributed by atoms with Crippen molar-refractivity contribution in [3.05, 3.63) is 23.8 Å². The van der Waals surface area contributed by atoms with Gasteiger partial charge in [0.2, 0.25) is 0 Å². The number of carboxylic acids is 1. The van der Waals surface area contributed by atoms with Crippen LogP contribution >= 0.6 is 0 Å². The molecule has 1 N–H and O–H groups in total. The van der Waals surface area contributed by atoms with Crippen molar-refractivity contribution in [3.63, 3.8) is 0 Å². The van der Waals surface area contributed by atoms with Gasteiger partial charge in [-0.05, 0) is 49.0 Å². The van der Waals surface area contributed by atoms with Crippen LogP contribution in [0.1, 0.15) is 52.9 Å². The maximum Gasteiger partial charge on any atom is 0.303 e. The van der Waals surface area contributed by atoms with Crippen LogP contribution < -0.4 is 0 Å². The molecule has 0 aromatic carbocycles. The van der Waals surface area contributed by atoms with Crippen molar-refractivity contribution in [1.29, 1.82) is 0 Å². The molecule has 0 radical (unpaired) electrons. The van der Waals surface area contributed by atoms with Gasteiger partial charge in [-0.15, -0.1) is 0 Å². The number of carbonyl (C=O) groups is 2. The van der Waals surface area contributed by atoms with Crippen LogP contribution in [0.5, 0.6) is 0 Å². The SMILES string of the molecule is CC(C)(C)[Si](C)(C)O[C@H]1C=C(C/C=C\CCCC(=O)O)C(=O)C1. The van der Waals surface area contributed by atoms with E-state index in [1.165, 1.54) is 0 Å². The topological polar surface area (TPSA) is 63.6 Å². The number of Topliss-reactive ketones (excluding diaryl/α,β-unsaturated/α-hetero) is 1. The van der Waals surface area contributed by atoms with Gasteiger partial charge < -0.3 is 9.53 Å². The molecule has 0 unspecified atom stereocenters.